The van der Waals surface area contributed by atoms with Crippen LogP contribution in [0.5, 0.6) is 5.75 Å². The summed E-state index contributed by atoms with van der Waals surface area (Å²) in [5, 5.41) is 19.8. The van der Waals surface area contributed by atoms with Gasteiger partial charge in [0.25, 0.3) is 0 Å². The van der Waals surface area contributed by atoms with Gasteiger partial charge in [0.2, 0.25) is 0 Å². The van der Waals surface area contributed by atoms with Gasteiger partial charge in [-0.15, -0.1) is 10.2 Å². The largest absolute Gasteiger partial charge is 0.489 e. The van der Waals surface area contributed by atoms with Crippen molar-refractivity contribution < 1.29 is 4.74 Å². The molecule has 0 saturated carbocycles. The molecule has 0 spiro atoms. The van der Waals surface area contributed by atoms with Gasteiger partial charge in [0, 0.05) is 10.8 Å². The van der Waals surface area contributed by atoms with Crippen LogP contribution in [0.3, 0.4) is 0 Å². The molecule has 0 atom stereocenters. The quantitative estimate of drug-likeness (QED) is 0.218. The average Bonchev–Trinajstić information content (AvgIpc) is 2.92. The topological polar surface area (TPSA) is 58.7 Å². The summed E-state index contributed by atoms with van der Waals surface area (Å²) in [6.07, 6.45) is 0. The van der Waals surface area contributed by atoms with Crippen LogP contribution in [-0.4, -0.2) is 0 Å². The van der Waals surface area contributed by atoms with E-state index in [0.717, 1.165) is 44.8 Å². The van der Waals surface area contributed by atoms with Crippen molar-refractivity contribution in [3.05, 3.63) is 126 Å². The van der Waals surface area contributed by atoms with Gasteiger partial charge in [0.1, 0.15) is 12.4 Å². The highest BCUT2D eigenvalue weighted by Gasteiger charge is 2.05. The smallest absolute Gasteiger partial charge is 0.119 e. The number of hydrogen-bond donors (Lipinski definition) is 0. The molecule has 5 aromatic carbocycles. The van der Waals surface area contributed by atoms with E-state index >= 15 is 0 Å². The molecule has 5 aromatic rings. The second kappa shape index (κ2) is 10.7. The van der Waals surface area contributed by atoms with Crippen LogP contribution in [0.4, 0.5) is 22.7 Å². The van der Waals surface area contributed by atoms with Crippen LogP contribution in [0.2, 0.25) is 0 Å². The lowest BCUT2D eigenvalue weighted by Gasteiger charge is -2.07. The highest BCUT2D eigenvalue weighted by molar-refractivity contribution is 5.99. The fraction of sp³-hybridized carbons (Fsp3) is 0.0968. The molecule has 0 heterocycles. The van der Waals surface area contributed by atoms with E-state index < -0.39 is 0 Å². The molecule has 0 bridgehead atoms. The summed E-state index contributed by atoms with van der Waals surface area (Å²) in [6, 6.07) is 35.8. The minimum Gasteiger partial charge on any atom is -0.489 e. The van der Waals surface area contributed by atoms with Gasteiger partial charge in [0.15, 0.2) is 0 Å². The molecule has 0 amide bonds. The van der Waals surface area contributed by atoms with Crippen molar-refractivity contribution in [3.8, 4) is 5.75 Å². The van der Waals surface area contributed by atoms with Crippen LogP contribution in [0.1, 0.15) is 16.7 Å². The van der Waals surface area contributed by atoms with Gasteiger partial charge in [-0.3, -0.25) is 0 Å². The Labute approximate surface area is 210 Å². The summed E-state index contributed by atoms with van der Waals surface area (Å²) in [6.45, 7) is 4.66. The second-order valence-corrected chi connectivity index (χ2v) is 8.65. The van der Waals surface area contributed by atoms with Crippen LogP contribution in [-0.2, 0) is 6.61 Å². The van der Waals surface area contributed by atoms with Gasteiger partial charge in [0.05, 0.1) is 22.7 Å². The van der Waals surface area contributed by atoms with Gasteiger partial charge >= 0.3 is 0 Å². The average molecular weight is 471 g/mol. The summed E-state index contributed by atoms with van der Waals surface area (Å²) in [5.41, 5.74) is 6.71. The van der Waals surface area contributed by atoms with Crippen molar-refractivity contribution in [2.45, 2.75) is 20.5 Å². The minimum atomic E-state index is 0.529. The highest BCUT2D eigenvalue weighted by Crippen LogP contribution is 2.35. The van der Waals surface area contributed by atoms with E-state index in [9.17, 15) is 0 Å². The van der Waals surface area contributed by atoms with Gasteiger partial charge in [-0.05, 0) is 67.9 Å². The van der Waals surface area contributed by atoms with E-state index in [1.807, 2.05) is 84.9 Å². The third kappa shape index (κ3) is 5.70. The minimum absolute atomic E-state index is 0.529. The number of rotatable bonds is 7. The zero-order valence-electron chi connectivity index (χ0n) is 20.3. The molecule has 0 N–H and O–H groups in total. The zero-order valence-corrected chi connectivity index (χ0v) is 20.3. The van der Waals surface area contributed by atoms with Crippen LogP contribution in [0, 0.1) is 13.8 Å². The Balaban J connectivity index is 1.31. The Morgan fingerprint density at radius 2 is 0.972 bits per heavy atom. The molecule has 0 aromatic heterocycles. The van der Waals surface area contributed by atoms with E-state index in [0.29, 0.717) is 6.61 Å². The van der Waals surface area contributed by atoms with E-state index in [1.54, 1.807) is 0 Å². The molecule has 0 saturated heterocycles. The SMILES string of the molecule is Cc1ccc(COc2ccc(N=Nc3ccc(N=Nc4ccc(C)cc4)c4ccccc34)cc2)cc1. The molecule has 5 nitrogen and oxygen atoms in total. The first-order valence-electron chi connectivity index (χ1n) is 11.8. The van der Waals surface area contributed by atoms with Crippen LogP contribution >= 0.6 is 0 Å². The van der Waals surface area contributed by atoms with Crippen LogP contribution in [0.25, 0.3) is 10.8 Å². The number of nitrogens with zero attached hydrogens (tertiary/aromatic N) is 4. The maximum absolute atomic E-state index is 5.89. The number of aryl methyl sites for hydroxylation is 2. The molecule has 0 fully saturated rings. The molecule has 36 heavy (non-hydrogen) atoms. The normalized spacial score (nSPS) is 11.5. The Morgan fingerprint density at radius 1 is 0.500 bits per heavy atom. The first kappa shape index (κ1) is 23.1. The van der Waals surface area contributed by atoms with Crippen molar-refractivity contribution in [2.24, 2.45) is 20.5 Å². The molecule has 5 heteroatoms. The Kier molecular flexibility index (Phi) is 6.90. The van der Waals surface area contributed by atoms with Gasteiger partial charge < -0.3 is 4.74 Å². The lowest BCUT2D eigenvalue weighted by atomic mass is 10.1. The summed E-state index contributed by atoms with van der Waals surface area (Å²) < 4.78 is 5.89. The third-order valence-electron chi connectivity index (χ3n) is 5.82. The van der Waals surface area contributed by atoms with Crippen molar-refractivity contribution in [2.75, 3.05) is 0 Å². The molecule has 5 rings (SSSR count). The summed E-state index contributed by atoms with van der Waals surface area (Å²) in [5.74, 6) is 0.795. The van der Waals surface area contributed by atoms with Crippen molar-refractivity contribution in [1.29, 1.82) is 0 Å². The summed E-state index contributed by atoms with van der Waals surface area (Å²) in [7, 11) is 0. The Hall–Kier alpha value is -4.64. The Morgan fingerprint density at radius 3 is 1.50 bits per heavy atom. The first-order chi connectivity index (χ1) is 17.6. The first-order valence-corrected chi connectivity index (χ1v) is 11.8. The predicted octanol–water partition coefficient (Wildman–Crippen LogP) is 9.87. The lowest BCUT2D eigenvalue weighted by Crippen LogP contribution is -1.94. The molecule has 176 valence electrons. The Bertz CT molecular complexity index is 1520. The standard InChI is InChI=1S/C31H26N4O/c1-22-7-11-24(12-8-22)21-36-27-17-15-26(16-18-27)33-35-31-20-19-30(28-5-3-4-6-29(28)31)34-32-25-13-9-23(2)10-14-25/h3-20H,21H2,1-2H3. The van der Waals surface area contributed by atoms with Gasteiger partial charge in [-0.25, -0.2) is 0 Å². The fourth-order valence-corrected chi connectivity index (χ4v) is 3.74. The van der Waals surface area contributed by atoms with Crippen LogP contribution < -0.4 is 4.74 Å². The highest BCUT2D eigenvalue weighted by atomic mass is 16.5. The van der Waals surface area contributed by atoms with E-state index in [4.69, 9.17) is 4.74 Å². The van der Waals surface area contributed by atoms with Crippen molar-refractivity contribution >= 4 is 33.5 Å². The maximum atomic E-state index is 5.89. The fourth-order valence-electron chi connectivity index (χ4n) is 3.74. The van der Waals surface area contributed by atoms with Crippen molar-refractivity contribution in [3.63, 3.8) is 0 Å². The molecule has 0 radical (unpaired) electrons. The summed E-state index contributed by atoms with van der Waals surface area (Å²) >= 11 is 0. The van der Waals surface area contributed by atoms with E-state index in [-0.39, 0.29) is 0 Å². The number of hydrogen-bond acceptors (Lipinski definition) is 5. The maximum Gasteiger partial charge on any atom is 0.119 e. The predicted molar refractivity (Wildman–Crippen MR) is 145 cm³/mol. The monoisotopic (exact) mass is 470 g/mol. The molecular weight excluding hydrogens is 444 g/mol. The number of ether oxygens (including phenoxy) is 1. The van der Waals surface area contributed by atoms with E-state index in [2.05, 4.69) is 58.6 Å². The van der Waals surface area contributed by atoms with Crippen molar-refractivity contribution in [1.82, 2.24) is 0 Å². The number of fused-ring (bicyclic) bond motifs is 1. The zero-order chi connectivity index (χ0) is 24.7. The summed E-state index contributed by atoms with van der Waals surface area (Å²) in [4.78, 5) is 0. The molecule has 0 aliphatic heterocycles. The van der Waals surface area contributed by atoms with Crippen LogP contribution in [0.15, 0.2) is 130 Å². The molecular formula is C31H26N4O. The third-order valence-corrected chi connectivity index (χ3v) is 5.82. The number of azo groups is 2. The molecule has 0 aliphatic rings. The molecule has 0 unspecified atom stereocenters. The van der Waals surface area contributed by atoms with Gasteiger partial charge in [-0.1, -0.05) is 71.8 Å². The molecule has 0 aliphatic carbocycles. The second-order valence-electron chi connectivity index (χ2n) is 8.65. The van der Waals surface area contributed by atoms with E-state index in [1.165, 1.54) is 11.1 Å². The lowest BCUT2D eigenvalue weighted by molar-refractivity contribution is 0.306. The van der Waals surface area contributed by atoms with Gasteiger partial charge in [-0.2, -0.15) is 10.2 Å². The number of benzene rings is 5.